The van der Waals surface area contributed by atoms with Gasteiger partial charge in [0.1, 0.15) is 24.7 Å². The zero-order chi connectivity index (χ0) is 19.6. The molecule has 0 aliphatic carbocycles. The summed E-state index contributed by atoms with van der Waals surface area (Å²) in [4.78, 5) is 11.9. The molecule has 0 atom stereocenters. The van der Waals surface area contributed by atoms with Crippen molar-refractivity contribution in [3.8, 4) is 11.5 Å². The molecule has 0 aromatic heterocycles. The van der Waals surface area contributed by atoms with E-state index in [1.165, 1.54) is 11.1 Å². The van der Waals surface area contributed by atoms with Crippen LogP contribution in [0.15, 0.2) is 60.7 Å². The Morgan fingerprint density at radius 2 is 1.26 bits per heavy atom. The maximum atomic E-state index is 11.9. The van der Waals surface area contributed by atoms with E-state index >= 15 is 0 Å². The first kappa shape index (κ1) is 20.6. The average Bonchev–Trinajstić information content (AvgIpc) is 2.70. The monoisotopic (exact) mass is 368 g/mol. The van der Waals surface area contributed by atoms with Crippen molar-refractivity contribution in [2.75, 3.05) is 13.2 Å². The molecule has 0 radical (unpaired) electrons. The smallest absolute Gasteiger partial charge is 0.333 e. The van der Waals surface area contributed by atoms with Gasteiger partial charge in [-0.15, -0.1) is 0 Å². The molecule has 0 aliphatic heterocycles. The Bertz CT molecular complexity index is 680. The lowest BCUT2D eigenvalue weighted by Crippen LogP contribution is -2.31. The molecule has 0 saturated carbocycles. The van der Waals surface area contributed by atoms with Crippen LogP contribution in [0.1, 0.15) is 31.9 Å². The van der Waals surface area contributed by atoms with E-state index < -0.39 is 12.1 Å². The predicted octanol–water partition coefficient (Wildman–Crippen LogP) is 4.76. The summed E-state index contributed by atoms with van der Waals surface area (Å²) in [6.07, 6.45) is 1.42. The first-order valence-electron chi connectivity index (χ1n) is 9.31. The Morgan fingerprint density at radius 3 is 1.59 bits per heavy atom. The molecule has 0 bridgehead atoms. The number of carbonyl (C=O) groups excluding carboxylic acids is 1. The molecular formula is C23H28O4. The fourth-order valence-corrected chi connectivity index (χ4v) is 2.39. The predicted molar refractivity (Wildman–Crippen MR) is 107 cm³/mol. The van der Waals surface area contributed by atoms with Gasteiger partial charge in [-0.1, -0.05) is 44.7 Å². The van der Waals surface area contributed by atoms with Gasteiger partial charge >= 0.3 is 5.97 Å². The van der Waals surface area contributed by atoms with Gasteiger partial charge in [0.15, 0.2) is 6.10 Å². The molecule has 4 heteroatoms. The Balaban J connectivity index is 1.96. The molecule has 0 unspecified atom stereocenters. The molecular weight excluding hydrogens is 340 g/mol. The van der Waals surface area contributed by atoms with Gasteiger partial charge in [0.05, 0.1) is 0 Å². The summed E-state index contributed by atoms with van der Waals surface area (Å²) in [6.45, 7) is 9.87. The van der Waals surface area contributed by atoms with Gasteiger partial charge in [0, 0.05) is 5.57 Å². The second kappa shape index (κ2) is 10.4. The van der Waals surface area contributed by atoms with Gasteiger partial charge < -0.3 is 14.2 Å². The third kappa shape index (κ3) is 6.81. The minimum atomic E-state index is -0.536. The highest BCUT2D eigenvalue weighted by Gasteiger charge is 2.17. The van der Waals surface area contributed by atoms with Crippen molar-refractivity contribution in [3.63, 3.8) is 0 Å². The number of ether oxygens (including phenoxy) is 3. The van der Waals surface area contributed by atoms with Crippen LogP contribution in [0.3, 0.4) is 0 Å². The summed E-state index contributed by atoms with van der Waals surface area (Å²) in [6, 6.07) is 15.8. The highest BCUT2D eigenvalue weighted by atomic mass is 16.6. The summed E-state index contributed by atoms with van der Waals surface area (Å²) in [7, 11) is 0. The largest absolute Gasteiger partial charge is 0.490 e. The molecule has 2 aromatic carbocycles. The van der Waals surface area contributed by atoms with Gasteiger partial charge in [-0.25, -0.2) is 4.79 Å². The number of esters is 1. The second-order valence-corrected chi connectivity index (χ2v) is 6.42. The molecule has 0 aliphatic rings. The molecule has 0 amide bonds. The maximum absolute atomic E-state index is 11.9. The maximum Gasteiger partial charge on any atom is 0.333 e. The van der Waals surface area contributed by atoms with Gasteiger partial charge in [0.25, 0.3) is 0 Å². The van der Waals surface area contributed by atoms with Gasteiger partial charge in [-0.05, 0) is 55.2 Å². The van der Waals surface area contributed by atoms with Crippen molar-refractivity contribution in [2.45, 2.75) is 39.7 Å². The van der Waals surface area contributed by atoms with Crippen molar-refractivity contribution in [1.82, 2.24) is 0 Å². The van der Waals surface area contributed by atoms with E-state index in [0.717, 1.165) is 24.3 Å². The van der Waals surface area contributed by atoms with Crippen LogP contribution >= 0.6 is 0 Å². The van der Waals surface area contributed by atoms with Crippen molar-refractivity contribution < 1.29 is 19.0 Å². The van der Waals surface area contributed by atoms with Crippen LogP contribution in [0.5, 0.6) is 11.5 Å². The SMILES string of the molecule is C=C(C)C(=O)OC(COc1ccc(CC)cc1)COc1ccc(CC)cc1. The first-order valence-corrected chi connectivity index (χ1v) is 9.31. The highest BCUT2D eigenvalue weighted by Crippen LogP contribution is 2.16. The van der Waals surface area contributed by atoms with Crippen LogP contribution < -0.4 is 9.47 Å². The van der Waals surface area contributed by atoms with E-state index in [0.29, 0.717) is 5.57 Å². The molecule has 0 spiro atoms. The van der Waals surface area contributed by atoms with Gasteiger partial charge in [-0.3, -0.25) is 0 Å². The Kier molecular flexibility index (Phi) is 7.93. The Hall–Kier alpha value is -2.75. The van der Waals surface area contributed by atoms with Crippen LogP contribution in [-0.2, 0) is 22.4 Å². The van der Waals surface area contributed by atoms with Crippen LogP contribution in [0.2, 0.25) is 0 Å². The topological polar surface area (TPSA) is 44.8 Å². The van der Waals surface area contributed by atoms with Crippen molar-refractivity contribution in [2.24, 2.45) is 0 Å². The quantitative estimate of drug-likeness (QED) is 0.448. The van der Waals surface area contributed by atoms with E-state index in [1.807, 2.05) is 48.5 Å². The van der Waals surface area contributed by atoms with Gasteiger partial charge in [0.2, 0.25) is 0 Å². The lowest BCUT2D eigenvalue weighted by atomic mass is 10.2. The van der Waals surface area contributed by atoms with Gasteiger partial charge in [-0.2, -0.15) is 0 Å². The zero-order valence-corrected chi connectivity index (χ0v) is 16.4. The zero-order valence-electron chi connectivity index (χ0n) is 16.4. The van der Waals surface area contributed by atoms with Crippen LogP contribution in [-0.4, -0.2) is 25.3 Å². The summed E-state index contributed by atoms with van der Waals surface area (Å²) < 4.78 is 17.0. The number of hydrogen-bond acceptors (Lipinski definition) is 4. The van der Waals surface area contributed by atoms with Crippen LogP contribution in [0.4, 0.5) is 0 Å². The standard InChI is InChI=1S/C23H28O4/c1-5-18-7-11-20(12-8-18)25-15-22(27-23(24)17(3)4)16-26-21-13-9-19(6-2)10-14-21/h7-14,22H,3,5-6,15-16H2,1-2,4H3. The van der Waals surface area contributed by atoms with Crippen molar-refractivity contribution >= 4 is 5.97 Å². The molecule has 2 rings (SSSR count). The second-order valence-electron chi connectivity index (χ2n) is 6.42. The Labute approximate surface area is 161 Å². The number of carbonyl (C=O) groups is 1. The fraction of sp³-hybridized carbons (Fsp3) is 0.348. The molecule has 0 N–H and O–H groups in total. The van der Waals surface area contributed by atoms with Crippen LogP contribution in [0.25, 0.3) is 0 Å². The first-order chi connectivity index (χ1) is 13.0. The summed E-state index contributed by atoms with van der Waals surface area (Å²) in [5.41, 5.74) is 2.83. The molecule has 0 heterocycles. The Morgan fingerprint density at radius 1 is 0.852 bits per heavy atom. The lowest BCUT2D eigenvalue weighted by molar-refractivity contribution is -0.147. The van der Waals surface area contributed by atoms with E-state index in [2.05, 4.69) is 20.4 Å². The molecule has 0 saturated heterocycles. The summed E-state index contributed by atoms with van der Waals surface area (Å²) >= 11 is 0. The summed E-state index contributed by atoms with van der Waals surface area (Å²) in [5.74, 6) is 1.02. The van der Waals surface area contributed by atoms with Crippen molar-refractivity contribution in [1.29, 1.82) is 0 Å². The third-order valence-electron chi connectivity index (χ3n) is 4.16. The van der Waals surface area contributed by atoms with Crippen LogP contribution in [0, 0.1) is 0 Å². The molecule has 144 valence electrons. The van der Waals surface area contributed by atoms with E-state index in [1.54, 1.807) is 6.92 Å². The average molecular weight is 368 g/mol. The molecule has 27 heavy (non-hydrogen) atoms. The molecule has 0 fully saturated rings. The highest BCUT2D eigenvalue weighted by molar-refractivity contribution is 5.87. The third-order valence-corrected chi connectivity index (χ3v) is 4.16. The molecule has 2 aromatic rings. The normalized spacial score (nSPS) is 10.5. The van der Waals surface area contributed by atoms with E-state index in [-0.39, 0.29) is 13.2 Å². The molecule has 4 nitrogen and oxygen atoms in total. The van der Waals surface area contributed by atoms with E-state index in [4.69, 9.17) is 14.2 Å². The number of rotatable bonds is 10. The number of aryl methyl sites for hydroxylation is 2. The minimum absolute atomic E-state index is 0.206. The fourth-order valence-electron chi connectivity index (χ4n) is 2.39. The number of hydrogen-bond donors (Lipinski definition) is 0. The minimum Gasteiger partial charge on any atom is -0.490 e. The lowest BCUT2D eigenvalue weighted by Gasteiger charge is -2.19. The summed E-state index contributed by atoms with van der Waals surface area (Å²) in [5, 5.41) is 0. The van der Waals surface area contributed by atoms with E-state index in [9.17, 15) is 4.79 Å². The number of benzene rings is 2. The van der Waals surface area contributed by atoms with Crippen molar-refractivity contribution in [3.05, 3.63) is 71.8 Å².